The van der Waals surface area contributed by atoms with Crippen molar-refractivity contribution >= 4 is 35.3 Å². The van der Waals surface area contributed by atoms with E-state index in [1.54, 1.807) is 41.5 Å². The molecule has 1 aliphatic rings. The van der Waals surface area contributed by atoms with Crippen LogP contribution < -0.4 is 10.6 Å². The molecule has 31 heavy (non-hydrogen) atoms. The highest BCUT2D eigenvalue weighted by Crippen LogP contribution is 2.20. The first-order valence-corrected chi connectivity index (χ1v) is 10.1. The smallest absolute Gasteiger partial charge is 0.326 e. The Morgan fingerprint density at radius 3 is 2.10 bits per heavy atom. The average molecular weight is 443 g/mol. The highest BCUT2D eigenvalue weighted by atomic mass is 16.5. The van der Waals surface area contributed by atoms with Gasteiger partial charge >= 0.3 is 11.9 Å². The molecule has 176 valence electrons. The number of piperidine rings is 1. The molecule has 0 saturated carbocycles. The van der Waals surface area contributed by atoms with Crippen molar-refractivity contribution in [3.8, 4) is 0 Å². The second-order valence-electron chi connectivity index (χ2n) is 8.49. The van der Waals surface area contributed by atoms with Crippen molar-refractivity contribution < 1.29 is 38.2 Å². The molecular formula is C21H34N2O8. The number of rotatable bonds is 8. The van der Waals surface area contributed by atoms with E-state index in [1.807, 2.05) is 0 Å². The fraction of sp³-hybridized carbons (Fsp3) is 0.714. The van der Waals surface area contributed by atoms with Crippen LogP contribution in [0, 0.1) is 5.92 Å². The minimum Gasteiger partial charge on any atom is -0.466 e. The lowest BCUT2D eigenvalue weighted by Crippen LogP contribution is -2.57. The zero-order valence-corrected chi connectivity index (χ0v) is 19.4. The molecule has 10 nitrogen and oxygen atoms in total. The lowest BCUT2D eigenvalue weighted by molar-refractivity contribution is -0.158. The van der Waals surface area contributed by atoms with Gasteiger partial charge in [0.2, 0.25) is 11.8 Å². The van der Waals surface area contributed by atoms with Gasteiger partial charge in [0, 0.05) is 17.5 Å². The first-order chi connectivity index (χ1) is 14.1. The molecule has 1 heterocycles. The first kappa shape index (κ1) is 28.2. The Bertz CT molecular complexity index is 692. The van der Waals surface area contributed by atoms with E-state index in [1.165, 1.54) is 6.92 Å². The molecule has 0 aromatic rings. The Morgan fingerprint density at radius 1 is 1.10 bits per heavy atom. The monoisotopic (exact) mass is 442 g/mol. The van der Waals surface area contributed by atoms with E-state index < -0.39 is 28.9 Å². The van der Waals surface area contributed by atoms with E-state index in [-0.39, 0.29) is 49.3 Å². The van der Waals surface area contributed by atoms with E-state index in [0.29, 0.717) is 6.61 Å². The van der Waals surface area contributed by atoms with Crippen LogP contribution >= 0.6 is 0 Å². The van der Waals surface area contributed by atoms with Crippen LogP contribution in [-0.2, 0) is 38.2 Å². The first-order valence-electron chi connectivity index (χ1n) is 10.1. The summed E-state index contributed by atoms with van der Waals surface area (Å²) in [6, 6.07) is 0. The number of Topliss-reactive ketones (excluding diaryl/α,β-unsaturated/α-hetero) is 2. The van der Waals surface area contributed by atoms with Gasteiger partial charge in [-0.3, -0.25) is 28.8 Å². The van der Waals surface area contributed by atoms with Gasteiger partial charge in [0.1, 0.15) is 5.78 Å². The predicted molar refractivity (Wildman–Crippen MR) is 111 cm³/mol. The van der Waals surface area contributed by atoms with Crippen molar-refractivity contribution in [3.05, 3.63) is 0 Å². The third-order valence-corrected chi connectivity index (χ3v) is 3.96. The van der Waals surface area contributed by atoms with Crippen LogP contribution in [0.4, 0.5) is 0 Å². The molecule has 0 spiro atoms. The molecule has 2 amide bonds. The molecular weight excluding hydrogens is 408 g/mol. The lowest BCUT2D eigenvalue weighted by Gasteiger charge is -2.32. The van der Waals surface area contributed by atoms with Gasteiger partial charge in [-0.2, -0.15) is 0 Å². The second-order valence-corrected chi connectivity index (χ2v) is 8.49. The highest BCUT2D eigenvalue weighted by Gasteiger charge is 2.44. The molecule has 1 atom stereocenters. The largest absolute Gasteiger partial charge is 0.466 e. The Balaban J connectivity index is 0.000000581. The quantitative estimate of drug-likeness (QED) is 0.416. The van der Waals surface area contributed by atoms with Gasteiger partial charge in [-0.15, -0.1) is 0 Å². The van der Waals surface area contributed by atoms with Crippen LogP contribution in [-0.4, -0.2) is 59.6 Å². The van der Waals surface area contributed by atoms with Crippen molar-refractivity contribution in [1.29, 1.82) is 0 Å². The van der Waals surface area contributed by atoms with Crippen molar-refractivity contribution in [2.24, 2.45) is 5.92 Å². The number of carbonyl (C=O) groups excluding carboxylic acids is 6. The summed E-state index contributed by atoms with van der Waals surface area (Å²) in [6.45, 7) is 12.1. The van der Waals surface area contributed by atoms with Crippen molar-refractivity contribution in [2.45, 2.75) is 78.8 Å². The van der Waals surface area contributed by atoms with E-state index >= 15 is 0 Å². The number of ketones is 2. The summed E-state index contributed by atoms with van der Waals surface area (Å²) in [6.07, 6.45) is 0.0823. The summed E-state index contributed by atoms with van der Waals surface area (Å²) in [5.74, 6) is -3.91. The number of ether oxygens (including phenoxy) is 2. The number of nitrogens with one attached hydrogen (secondary N) is 2. The Kier molecular flexibility index (Phi) is 11.1. The normalized spacial score (nSPS) is 17.5. The maximum absolute atomic E-state index is 11.6. The van der Waals surface area contributed by atoms with Crippen LogP contribution in [0.5, 0.6) is 0 Å². The molecule has 10 heteroatoms. The topological polar surface area (TPSA) is 145 Å². The maximum atomic E-state index is 11.6. The number of carbonyl (C=O) groups is 6. The van der Waals surface area contributed by atoms with Crippen LogP contribution in [0.2, 0.25) is 0 Å². The second kappa shape index (κ2) is 12.2. The SMILES string of the molecule is CCOC(=O)C1C(=O)CC(C)(C)NC1=O.CCOC(=O)CC(C)(C)NC(=O)CC(C)=O. The molecule has 1 fully saturated rings. The van der Waals surface area contributed by atoms with Crippen LogP contribution in [0.3, 0.4) is 0 Å². The minimum absolute atomic E-state index is 0.0878. The van der Waals surface area contributed by atoms with E-state index in [9.17, 15) is 28.8 Å². The lowest BCUT2D eigenvalue weighted by atomic mass is 9.85. The Hall–Kier alpha value is -2.78. The fourth-order valence-electron chi connectivity index (χ4n) is 2.86. The van der Waals surface area contributed by atoms with E-state index in [0.717, 1.165) is 0 Å². The molecule has 0 aromatic heterocycles. The number of esters is 2. The molecule has 1 unspecified atom stereocenters. The van der Waals surface area contributed by atoms with Gasteiger partial charge in [0.05, 0.1) is 26.1 Å². The molecule has 0 aromatic carbocycles. The number of amides is 2. The fourth-order valence-corrected chi connectivity index (χ4v) is 2.86. The molecule has 1 aliphatic heterocycles. The third kappa shape index (κ3) is 11.3. The van der Waals surface area contributed by atoms with E-state index in [2.05, 4.69) is 15.4 Å². The zero-order chi connectivity index (χ0) is 24.4. The average Bonchev–Trinajstić information content (AvgIpc) is 2.51. The van der Waals surface area contributed by atoms with E-state index in [4.69, 9.17) is 4.74 Å². The Labute approximate surface area is 182 Å². The molecule has 1 saturated heterocycles. The third-order valence-electron chi connectivity index (χ3n) is 3.96. The Morgan fingerprint density at radius 2 is 1.65 bits per heavy atom. The van der Waals surface area contributed by atoms with Gasteiger partial charge in [-0.25, -0.2) is 0 Å². The molecule has 0 radical (unpaired) electrons. The van der Waals surface area contributed by atoms with Gasteiger partial charge in [0.15, 0.2) is 11.7 Å². The summed E-state index contributed by atoms with van der Waals surface area (Å²) < 4.78 is 9.45. The standard InChI is InChI=1S/C11H19NO4.C10H15NO4/c1-5-16-10(15)7-11(3,4)12-9(14)6-8(2)13;1-4-15-9(14)7-6(12)5-10(2,3)11-8(7)13/h5-7H2,1-4H3,(H,12,14);7H,4-5H2,1-3H3,(H,11,13). The van der Waals surface area contributed by atoms with Crippen LogP contribution in [0.1, 0.15) is 67.7 Å². The number of hydrogen-bond acceptors (Lipinski definition) is 8. The molecule has 0 aliphatic carbocycles. The summed E-state index contributed by atoms with van der Waals surface area (Å²) in [7, 11) is 0. The predicted octanol–water partition coefficient (Wildman–Crippen LogP) is 0.847. The summed E-state index contributed by atoms with van der Waals surface area (Å²) >= 11 is 0. The van der Waals surface area contributed by atoms with Crippen molar-refractivity contribution in [1.82, 2.24) is 10.6 Å². The van der Waals surface area contributed by atoms with Crippen molar-refractivity contribution in [2.75, 3.05) is 13.2 Å². The summed E-state index contributed by atoms with van der Waals surface area (Å²) in [5, 5.41) is 5.23. The molecule has 0 bridgehead atoms. The van der Waals surface area contributed by atoms with Gasteiger partial charge < -0.3 is 20.1 Å². The highest BCUT2D eigenvalue weighted by molar-refractivity contribution is 6.18. The van der Waals surface area contributed by atoms with Crippen LogP contribution in [0.25, 0.3) is 0 Å². The summed E-state index contributed by atoms with van der Waals surface area (Å²) in [4.78, 5) is 67.7. The van der Waals surface area contributed by atoms with Gasteiger partial charge in [-0.1, -0.05) is 0 Å². The number of hydrogen-bond donors (Lipinski definition) is 2. The van der Waals surface area contributed by atoms with Crippen LogP contribution in [0.15, 0.2) is 0 Å². The van der Waals surface area contributed by atoms with Gasteiger partial charge in [-0.05, 0) is 48.5 Å². The minimum atomic E-state index is -1.28. The summed E-state index contributed by atoms with van der Waals surface area (Å²) in [5.41, 5.74) is -1.27. The molecule has 2 N–H and O–H groups in total. The molecule has 1 rings (SSSR count). The van der Waals surface area contributed by atoms with Gasteiger partial charge in [0.25, 0.3) is 0 Å². The maximum Gasteiger partial charge on any atom is 0.326 e. The zero-order valence-electron chi connectivity index (χ0n) is 19.4. The van der Waals surface area contributed by atoms with Crippen molar-refractivity contribution in [3.63, 3.8) is 0 Å².